The van der Waals surface area contributed by atoms with Crippen LogP contribution in [-0.4, -0.2) is 16.1 Å². The number of ketones is 1. The first-order valence-electron chi connectivity index (χ1n) is 3.89. The summed E-state index contributed by atoms with van der Waals surface area (Å²) in [6.07, 6.45) is -4.67. The number of hydrogen-bond acceptors (Lipinski definition) is 3. The molecule has 3 nitrogen and oxygen atoms in total. The van der Waals surface area contributed by atoms with E-state index in [1.54, 1.807) is 0 Å². The quantitative estimate of drug-likeness (QED) is 0.518. The number of pyridine rings is 1. The van der Waals surface area contributed by atoms with Gasteiger partial charge in [0.05, 0.1) is 16.6 Å². The number of alkyl halides is 4. The first kappa shape index (κ1) is 13.2. The molecule has 1 aromatic rings. The third kappa shape index (κ3) is 2.65. The zero-order chi connectivity index (χ0) is 12.5. The van der Waals surface area contributed by atoms with Crippen molar-refractivity contribution < 1.29 is 18.0 Å². The third-order valence-electron chi connectivity index (χ3n) is 1.72. The number of carbonyl (C=O) groups excluding carboxylic acids is 1. The van der Waals surface area contributed by atoms with E-state index < -0.39 is 28.4 Å². The van der Waals surface area contributed by atoms with Crippen LogP contribution in [0.4, 0.5) is 18.9 Å². The van der Waals surface area contributed by atoms with Gasteiger partial charge in [0.25, 0.3) is 0 Å². The Morgan fingerprint density at radius 3 is 2.56 bits per heavy atom. The van der Waals surface area contributed by atoms with Gasteiger partial charge in [0.2, 0.25) is 0 Å². The van der Waals surface area contributed by atoms with Gasteiger partial charge >= 0.3 is 6.18 Å². The second-order valence-corrected chi connectivity index (χ2v) is 3.73. The lowest BCUT2D eigenvalue weighted by Crippen LogP contribution is -2.14. The number of anilines is 1. The van der Waals surface area contributed by atoms with Crippen molar-refractivity contribution in [1.29, 1.82) is 0 Å². The van der Waals surface area contributed by atoms with Crippen molar-refractivity contribution in [2.24, 2.45) is 0 Å². The zero-order valence-electron chi connectivity index (χ0n) is 7.61. The molecule has 2 N–H and O–H groups in total. The normalized spacial score (nSPS) is 11.6. The molecule has 0 radical (unpaired) electrons. The van der Waals surface area contributed by atoms with E-state index >= 15 is 0 Å². The second-order valence-electron chi connectivity index (χ2n) is 2.81. The third-order valence-corrected chi connectivity index (χ3v) is 2.52. The first-order chi connectivity index (χ1) is 7.27. The zero-order valence-corrected chi connectivity index (χ0v) is 9.95. The summed E-state index contributed by atoms with van der Waals surface area (Å²) in [6, 6.07) is 0.588. The summed E-state index contributed by atoms with van der Waals surface area (Å²) in [4.78, 5) is 14.7. The van der Waals surface area contributed by atoms with Crippen molar-refractivity contribution >= 4 is 39.0 Å². The smallest absolute Gasteiger partial charge is 0.396 e. The number of rotatable bonds is 2. The second kappa shape index (κ2) is 4.58. The van der Waals surface area contributed by atoms with Crippen LogP contribution in [0.25, 0.3) is 0 Å². The number of aromatic nitrogens is 1. The van der Waals surface area contributed by atoms with Crippen molar-refractivity contribution in [2.75, 3.05) is 11.1 Å². The van der Waals surface area contributed by atoms with E-state index in [0.29, 0.717) is 6.07 Å². The Hall–Kier alpha value is -0.820. The molecular weight excluding hydrogens is 312 g/mol. The SMILES string of the molecule is Nc1c(C(F)(F)F)cc(C(=O)CBr)nc1Cl. The molecule has 0 aliphatic carbocycles. The first-order valence-corrected chi connectivity index (χ1v) is 5.39. The minimum absolute atomic E-state index is 0.141. The van der Waals surface area contributed by atoms with Crippen molar-refractivity contribution in [3.63, 3.8) is 0 Å². The molecule has 0 unspecified atom stereocenters. The van der Waals surface area contributed by atoms with E-state index in [4.69, 9.17) is 17.3 Å². The summed E-state index contributed by atoms with van der Waals surface area (Å²) >= 11 is 8.25. The molecule has 1 rings (SSSR count). The lowest BCUT2D eigenvalue weighted by Gasteiger charge is -2.11. The topological polar surface area (TPSA) is 56.0 Å². The Morgan fingerprint density at radius 2 is 2.12 bits per heavy atom. The van der Waals surface area contributed by atoms with Gasteiger partial charge in [-0.05, 0) is 6.07 Å². The van der Waals surface area contributed by atoms with E-state index in [1.165, 1.54) is 0 Å². The summed E-state index contributed by atoms with van der Waals surface area (Å²) < 4.78 is 37.5. The van der Waals surface area contributed by atoms with E-state index in [-0.39, 0.29) is 11.0 Å². The fourth-order valence-electron chi connectivity index (χ4n) is 0.970. The molecule has 0 aliphatic heterocycles. The number of halogens is 5. The number of hydrogen-bond donors (Lipinski definition) is 1. The monoisotopic (exact) mass is 316 g/mol. The van der Waals surface area contributed by atoms with Gasteiger partial charge in [0, 0.05) is 0 Å². The fraction of sp³-hybridized carbons (Fsp3) is 0.250. The maximum absolute atomic E-state index is 12.5. The Morgan fingerprint density at radius 1 is 1.56 bits per heavy atom. The highest BCUT2D eigenvalue weighted by Crippen LogP contribution is 2.36. The lowest BCUT2D eigenvalue weighted by atomic mass is 10.1. The van der Waals surface area contributed by atoms with Crippen LogP contribution in [0, 0.1) is 0 Å². The van der Waals surface area contributed by atoms with Crippen molar-refractivity contribution in [3.05, 3.63) is 22.5 Å². The minimum Gasteiger partial charge on any atom is -0.396 e. The van der Waals surface area contributed by atoms with Crippen LogP contribution in [0.1, 0.15) is 16.1 Å². The summed E-state index contributed by atoms with van der Waals surface area (Å²) in [5, 5.41) is -0.670. The summed E-state index contributed by atoms with van der Waals surface area (Å²) in [5.74, 6) is -0.604. The van der Waals surface area contributed by atoms with Crippen molar-refractivity contribution in [2.45, 2.75) is 6.18 Å². The predicted octanol–water partition coefficient (Wildman–Crippen LogP) is 2.91. The highest BCUT2D eigenvalue weighted by Gasteiger charge is 2.35. The Bertz CT molecular complexity index is 436. The van der Waals surface area contributed by atoms with Gasteiger partial charge in [-0.2, -0.15) is 13.2 Å². The van der Waals surface area contributed by atoms with Gasteiger partial charge in [0.1, 0.15) is 5.69 Å². The Kier molecular flexibility index (Phi) is 3.80. The summed E-state index contributed by atoms with van der Waals surface area (Å²) in [7, 11) is 0. The van der Waals surface area contributed by atoms with Crippen LogP contribution in [-0.2, 0) is 6.18 Å². The number of carbonyl (C=O) groups is 1. The highest BCUT2D eigenvalue weighted by molar-refractivity contribution is 9.09. The van der Waals surface area contributed by atoms with Crippen LogP contribution >= 0.6 is 27.5 Å². The molecular formula is C8H5BrClF3N2O. The summed E-state index contributed by atoms with van der Waals surface area (Å²) in [6.45, 7) is 0. The maximum Gasteiger partial charge on any atom is 0.418 e. The number of nitrogens with two attached hydrogens (primary N) is 1. The average molecular weight is 317 g/mol. The van der Waals surface area contributed by atoms with Crippen LogP contribution in [0.15, 0.2) is 6.07 Å². The maximum atomic E-state index is 12.5. The molecule has 8 heteroatoms. The highest BCUT2D eigenvalue weighted by atomic mass is 79.9. The number of Topliss-reactive ketones (excluding diaryl/α,β-unsaturated/α-hetero) is 1. The molecule has 0 fully saturated rings. The molecule has 0 atom stereocenters. The molecule has 1 aromatic heterocycles. The summed E-state index contributed by atoms with van der Waals surface area (Å²) in [5.41, 5.74) is 2.93. The van der Waals surface area contributed by atoms with Gasteiger partial charge in [-0.25, -0.2) is 4.98 Å². The van der Waals surface area contributed by atoms with Gasteiger partial charge < -0.3 is 5.73 Å². The van der Waals surface area contributed by atoms with Gasteiger partial charge in [-0.1, -0.05) is 27.5 Å². The van der Waals surface area contributed by atoms with Crippen molar-refractivity contribution in [1.82, 2.24) is 4.98 Å². The van der Waals surface area contributed by atoms with E-state index in [0.717, 1.165) is 0 Å². The average Bonchev–Trinajstić information content (AvgIpc) is 2.18. The minimum atomic E-state index is -4.67. The lowest BCUT2D eigenvalue weighted by molar-refractivity contribution is -0.137. The molecule has 0 spiro atoms. The molecule has 0 aliphatic rings. The standard InChI is InChI=1S/C8H5BrClF3N2O/c9-2-5(16)4-1-3(8(11,12)13)6(14)7(10)15-4/h1H,2,14H2. The molecule has 0 saturated carbocycles. The van der Waals surface area contributed by atoms with Gasteiger partial charge in [-0.15, -0.1) is 0 Å². The number of nitrogen functional groups attached to an aromatic ring is 1. The van der Waals surface area contributed by atoms with E-state index in [1.807, 2.05) is 0 Å². The van der Waals surface area contributed by atoms with Gasteiger partial charge in [-0.3, -0.25) is 4.79 Å². The molecule has 1 heterocycles. The van der Waals surface area contributed by atoms with Gasteiger partial charge in [0.15, 0.2) is 10.9 Å². The van der Waals surface area contributed by atoms with Crippen LogP contribution in [0.5, 0.6) is 0 Å². The molecule has 88 valence electrons. The molecule has 0 amide bonds. The molecule has 0 saturated heterocycles. The molecule has 0 aromatic carbocycles. The van der Waals surface area contributed by atoms with Crippen LogP contribution in [0.2, 0.25) is 5.15 Å². The Labute approximate surface area is 102 Å². The van der Waals surface area contributed by atoms with E-state index in [9.17, 15) is 18.0 Å². The van der Waals surface area contributed by atoms with Crippen LogP contribution in [0.3, 0.4) is 0 Å². The molecule has 0 bridgehead atoms. The predicted molar refractivity (Wildman–Crippen MR) is 56.8 cm³/mol. The fourth-order valence-corrected chi connectivity index (χ4v) is 1.45. The largest absolute Gasteiger partial charge is 0.418 e. The Balaban J connectivity index is 3.39. The van der Waals surface area contributed by atoms with E-state index in [2.05, 4.69) is 20.9 Å². The molecule has 16 heavy (non-hydrogen) atoms. The van der Waals surface area contributed by atoms with Crippen molar-refractivity contribution in [3.8, 4) is 0 Å². The van der Waals surface area contributed by atoms with Crippen LogP contribution < -0.4 is 5.73 Å². The number of nitrogens with zero attached hydrogens (tertiary/aromatic N) is 1.